The van der Waals surface area contributed by atoms with Crippen molar-refractivity contribution in [1.29, 1.82) is 0 Å². The Balaban J connectivity index is 1.51. The molecule has 1 amide bonds. The van der Waals surface area contributed by atoms with Crippen LogP contribution in [0.3, 0.4) is 0 Å². The molecule has 0 aliphatic carbocycles. The maximum atomic E-state index is 13.0. The van der Waals surface area contributed by atoms with Crippen LogP contribution >= 0.6 is 0 Å². The molecular weight excluding hydrogens is 316 g/mol. The monoisotopic (exact) mass is 342 g/mol. The van der Waals surface area contributed by atoms with Gasteiger partial charge in [0.05, 0.1) is 19.8 Å². The quantitative estimate of drug-likeness (QED) is 0.857. The van der Waals surface area contributed by atoms with Crippen molar-refractivity contribution in [1.82, 2.24) is 9.80 Å². The second-order valence-corrected chi connectivity index (χ2v) is 7.29. The molecule has 0 spiro atoms. The molecule has 0 radical (unpaired) electrons. The molecule has 0 N–H and O–H groups in total. The second-order valence-electron chi connectivity index (χ2n) is 7.29. The Kier molecular flexibility index (Phi) is 4.42. The van der Waals surface area contributed by atoms with Crippen molar-refractivity contribution in [2.75, 3.05) is 27.2 Å². The Hall–Kier alpha value is -2.01. The maximum absolute atomic E-state index is 13.0. The zero-order valence-electron chi connectivity index (χ0n) is 15.0. The Labute approximate surface area is 148 Å². The topological polar surface area (TPSA) is 45.9 Å². The van der Waals surface area contributed by atoms with Crippen LogP contribution in [0.5, 0.6) is 5.75 Å². The van der Waals surface area contributed by atoms with Crippen LogP contribution in [-0.4, -0.2) is 55.0 Å². The maximum Gasteiger partial charge on any atom is 0.227 e. The first-order valence-electron chi connectivity index (χ1n) is 9.21. The summed E-state index contributed by atoms with van der Waals surface area (Å²) in [5.41, 5.74) is 1.74. The first-order chi connectivity index (χ1) is 12.2. The molecule has 5 nitrogen and oxygen atoms in total. The van der Waals surface area contributed by atoms with Crippen LogP contribution in [0.4, 0.5) is 0 Å². The third-order valence-corrected chi connectivity index (χ3v) is 5.85. The zero-order chi connectivity index (χ0) is 17.4. The number of likely N-dealkylation sites (tertiary alicyclic amines) is 2. The average Bonchev–Trinajstić information content (AvgIpc) is 3.34. The van der Waals surface area contributed by atoms with Crippen LogP contribution in [0.2, 0.25) is 0 Å². The van der Waals surface area contributed by atoms with Crippen molar-refractivity contribution < 1.29 is 13.9 Å². The van der Waals surface area contributed by atoms with Gasteiger partial charge in [-0.25, -0.2) is 0 Å². The fraction of sp³-hybridized carbons (Fsp3) is 0.550. The number of carbonyl (C=O) groups is 1. The summed E-state index contributed by atoms with van der Waals surface area (Å²) >= 11 is 0. The summed E-state index contributed by atoms with van der Waals surface area (Å²) in [7, 11) is 3.83. The molecule has 2 aliphatic rings. The van der Waals surface area contributed by atoms with Crippen molar-refractivity contribution in [2.45, 2.75) is 44.2 Å². The summed E-state index contributed by atoms with van der Waals surface area (Å²) in [6.07, 6.45) is 6.82. The standard InChI is InChI=1S/C20H26N2O3/c1-21-9-3-5-17(21)18-6-4-10-22(18)20(23)11-14-13-25-19-12-15(24-2)7-8-16(14)19/h7-8,12-13,17-18H,3-6,9-11H2,1-2H3/t17-,18+/m0/s1. The molecule has 2 aliphatic heterocycles. The van der Waals surface area contributed by atoms with E-state index in [1.54, 1.807) is 13.4 Å². The Morgan fingerprint density at radius 2 is 2.04 bits per heavy atom. The highest BCUT2D eigenvalue weighted by Gasteiger charge is 2.38. The predicted octanol–water partition coefficient (Wildman–Crippen LogP) is 3.07. The van der Waals surface area contributed by atoms with E-state index in [1.165, 1.54) is 12.8 Å². The number of ether oxygens (including phenoxy) is 1. The average molecular weight is 342 g/mol. The number of methoxy groups -OCH3 is 1. The molecule has 2 saturated heterocycles. The lowest BCUT2D eigenvalue weighted by molar-refractivity contribution is -0.132. The number of likely N-dealkylation sites (N-methyl/N-ethyl adjacent to an activating group) is 1. The summed E-state index contributed by atoms with van der Waals surface area (Å²) in [6, 6.07) is 6.66. The van der Waals surface area contributed by atoms with Gasteiger partial charge in [0.15, 0.2) is 0 Å². The van der Waals surface area contributed by atoms with Gasteiger partial charge in [-0.1, -0.05) is 0 Å². The molecule has 1 aromatic carbocycles. The number of hydrogen-bond acceptors (Lipinski definition) is 4. The minimum Gasteiger partial charge on any atom is -0.497 e. The molecule has 2 fully saturated rings. The SMILES string of the molecule is COc1ccc2c(CC(=O)N3CCC[C@@H]3[C@@H]3CCCN3C)coc2c1. The zero-order valence-corrected chi connectivity index (χ0v) is 15.0. The molecular formula is C20H26N2O3. The Morgan fingerprint density at radius 3 is 2.80 bits per heavy atom. The molecule has 1 aromatic heterocycles. The lowest BCUT2D eigenvalue weighted by Crippen LogP contribution is -2.47. The minimum absolute atomic E-state index is 0.223. The number of carbonyl (C=O) groups excluding carboxylic acids is 1. The van der Waals surface area contributed by atoms with Gasteiger partial charge in [-0.3, -0.25) is 4.79 Å². The van der Waals surface area contributed by atoms with Crippen LogP contribution in [0.1, 0.15) is 31.2 Å². The van der Waals surface area contributed by atoms with Gasteiger partial charge in [0.25, 0.3) is 0 Å². The largest absolute Gasteiger partial charge is 0.497 e. The van der Waals surface area contributed by atoms with E-state index in [1.807, 2.05) is 18.2 Å². The van der Waals surface area contributed by atoms with Gasteiger partial charge in [-0.15, -0.1) is 0 Å². The molecule has 134 valence electrons. The number of amides is 1. The van der Waals surface area contributed by atoms with E-state index in [0.29, 0.717) is 18.5 Å². The summed E-state index contributed by atoms with van der Waals surface area (Å²) in [4.78, 5) is 17.5. The van der Waals surface area contributed by atoms with E-state index >= 15 is 0 Å². The van der Waals surface area contributed by atoms with Gasteiger partial charge >= 0.3 is 0 Å². The van der Waals surface area contributed by atoms with Crippen molar-refractivity contribution >= 4 is 16.9 Å². The summed E-state index contributed by atoms with van der Waals surface area (Å²) in [6.45, 7) is 2.04. The number of benzene rings is 1. The van der Waals surface area contributed by atoms with Gasteiger partial charge in [0.1, 0.15) is 11.3 Å². The van der Waals surface area contributed by atoms with Crippen LogP contribution < -0.4 is 4.74 Å². The van der Waals surface area contributed by atoms with Gasteiger partial charge in [-0.05, 0) is 51.4 Å². The molecule has 4 rings (SSSR count). The van der Waals surface area contributed by atoms with Crippen molar-refractivity contribution in [2.24, 2.45) is 0 Å². The summed E-state index contributed by atoms with van der Waals surface area (Å²) < 4.78 is 10.9. The lowest BCUT2D eigenvalue weighted by atomic mass is 10.0. The van der Waals surface area contributed by atoms with Crippen LogP contribution in [0, 0.1) is 0 Å². The van der Waals surface area contributed by atoms with E-state index in [4.69, 9.17) is 9.15 Å². The van der Waals surface area contributed by atoms with Gasteiger partial charge < -0.3 is 19.0 Å². The van der Waals surface area contributed by atoms with Crippen LogP contribution in [0.25, 0.3) is 11.0 Å². The van der Waals surface area contributed by atoms with Crippen molar-refractivity contribution in [3.8, 4) is 5.75 Å². The molecule has 3 heterocycles. The molecule has 2 aromatic rings. The molecule has 5 heteroatoms. The highest BCUT2D eigenvalue weighted by Crippen LogP contribution is 2.31. The number of hydrogen-bond donors (Lipinski definition) is 0. The van der Waals surface area contributed by atoms with E-state index in [-0.39, 0.29) is 5.91 Å². The van der Waals surface area contributed by atoms with Crippen molar-refractivity contribution in [3.05, 3.63) is 30.0 Å². The van der Waals surface area contributed by atoms with Gasteiger partial charge in [0, 0.05) is 35.6 Å². The Morgan fingerprint density at radius 1 is 1.24 bits per heavy atom. The number of fused-ring (bicyclic) bond motifs is 1. The van der Waals surface area contributed by atoms with E-state index in [9.17, 15) is 4.79 Å². The predicted molar refractivity (Wildman–Crippen MR) is 96.9 cm³/mol. The highest BCUT2D eigenvalue weighted by atomic mass is 16.5. The second kappa shape index (κ2) is 6.71. The number of rotatable bonds is 4. The first kappa shape index (κ1) is 16.5. The lowest BCUT2D eigenvalue weighted by Gasteiger charge is -2.33. The molecule has 25 heavy (non-hydrogen) atoms. The molecule has 0 bridgehead atoms. The number of furan rings is 1. The minimum atomic E-state index is 0.223. The normalized spacial score (nSPS) is 24.3. The molecule has 0 saturated carbocycles. The van der Waals surface area contributed by atoms with Crippen LogP contribution in [-0.2, 0) is 11.2 Å². The van der Waals surface area contributed by atoms with E-state index in [2.05, 4.69) is 16.8 Å². The van der Waals surface area contributed by atoms with E-state index < -0.39 is 0 Å². The van der Waals surface area contributed by atoms with Crippen LogP contribution in [0.15, 0.2) is 28.9 Å². The molecule has 2 atom stereocenters. The third-order valence-electron chi connectivity index (χ3n) is 5.85. The van der Waals surface area contributed by atoms with E-state index in [0.717, 1.165) is 48.2 Å². The Bertz CT molecular complexity index is 769. The fourth-order valence-electron chi connectivity index (χ4n) is 4.52. The summed E-state index contributed by atoms with van der Waals surface area (Å²) in [5, 5.41) is 1.00. The van der Waals surface area contributed by atoms with Crippen molar-refractivity contribution in [3.63, 3.8) is 0 Å². The smallest absolute Gasteiger partial charge is 0.227 e. The fourth-order valence-corrected chi connectivity index (χ4v) is 4.52. The van der Waals surface area contributed by atoms with Gasteiger partial charge in [0.2, 0.25) is 5.91 Å². The van der Waals surface area contributed by atoms with Gasteiger partial charge in [-0.2, -0.15) is 0 Å². The highest BCUT2D eigenvalue weighted by molar-refractivity contribution is 5.88. The molecule has 0 unspecified atom stereocenters. The third kappa shape index (κ3) is 3.01. The number of nitrogens with zero attached hydrogens (tertiary/aromatic N) is 2. The first-order valence-corrected chi connectivity index (χ1v) is 9.21. The summed E-state index contributed by atoms with van der Waals surface area (Å²) in [5.74, 6) is 0.991.